The normalized spacial score (nSPS) is 26.4. The Balaban J connectivity index is 2.26. The number of rotatable bonds is 2. The molecule has 2 unspecified atom stereocenters. The summed E-state index contributed by atoms with van der Waals surface area (Å²) in [6.45, 7) is 4.78. The Bertz CT molecular complexity index is 522. The Morgan fingerprint density at radius 2 is 2.22 bits per heavy atom. The number of nitrogens with two attached hydrogens (primary N) is 1. The van der Waals surface area contributed by atoms with Gasteiger partial charge in [-0.3, -0.25) is 0 Å². The van der Waals surface area contributed by atoms with Gasteiger partial charge in [0.25, 0.3) is 10.0 Å². The van der Waals surface area contributed by atoms with E-state index in [1.165, 1.54) is 4.31 Å². The van der Waals surface area contributed by atoms with Crippen LogP contribution in [0.3, 0.4) is 0 Å². The highest BCUT2D eigenvalue weighted by Crippen LogP contribution is 2.33. The van der Waals surface area contributed by atoms with Crippen molar-refractivity contribution in [3.63, 3.8) is 0 Å². The molecule has 2 N–H and O–H groups in total. The lowest BCUT2D eigenvalue weighted by atomic mass is 9.96. The summed E-state index contributed by atoms with van der Waals surface area (Å²) in [6, 6.07) is 1.54. The Morgan fingerprint density at radius 1 is 1.56 bits per heavy atom. The molecule has 4 nitrogen and oxygen atoms in total. The number of hydrogen-bond donors (Lipinski definition) is 1. The lowest BCUT2D eigenvalue weighted by Crippen LogP contribution is -2.49. The van der Waals surface area contributed by atoms with E-state index in [9.17, 15) is 8.42 Å². The van der Waals surface area contributed by atoms with Crippen LogP contribution in [0.1, 0.15) is 18.9 Å². The van der Waals surface area contributed by atoms with E-state index >= 15 is 0 Å². The van der Waals surface area contributed by atoms with Crippen molar-refractivity contribution in [3.05, 3.63) is 16.0 Å². The van der Waals surface area contributed by atoms with Gasteiger partial charge in [-0.15, -0.1) is 11.3 Å². The van der Waals surface area contributed by atoms with Gasteiger partial charge in [-0.1, -0.05) is 18.5 Å². The highest BCUT2D eigenvalue weighted by molar-refractivity contribution is 7.91. The Labute approximate surface area is 117 Å². The summed E-state index contributed by atoms with van der Waals surface area (Å²) >= 11 is 7.05. The second kappa shape index (κ2) is 5.09. The maximum atomic E-state index is 12.4. The van der Waals surface area contributed by atoms with E-state index in [1.54, 1.807) is 6.07 Å². The van der Waals surface area contributed by atoms with Crippen molar-refractivity contribution in [1.29, 1.82) is 0 Å². The fourth-order valence-corrected chi connectivity index (χ4v) is 5.33. The zero-order chi connectivity index (χ0) is 13.5. The summed E-state index contributed by atoms with van der Waals surface area (Å²) in [6.07, 6.45) is 0.804. The average Bonchev–Trinajstić information content (AvgIpc) is 2.64. The van der Waals surface area contributed by atoms with Crippen LogP contribution in [0.4, 0.5) is 0 Å². The van der Waals surface area contributed by atoms with Crippen molar-refractivity contribution in [2.75, 3.05) is 13.1 Å². The molecule has 0 radical (unpaired) electrons. The molecule has 0 amide bonds. The number of aryl methyl sites for hydroxylation is 1. The summed E-state index contributed by atoms with van der Waals surface area (Å²) in [5, 5.41) is 0. The summed E-state index contributed by atoms with van der Waals surface area (Å²) in [7, 11) is -3.43. The van der Waals surface area contributed by atoms with Crippen LogP contribution in [0.25, 0.3) is 0 Å². The molecule has 0 saturated carbocycles. The fraction of sp³-hybridized carbons (Fsp3) is 0.636. The molecule has 1 saturated heterocycles. The lowest BCUT2D eigenvalue weighted by molar-refractivity contribution is 0.253. The molecule has 0 bridgehead atoms. The molecule has 2 rings (SSSR count). The van der Waals surface area contributed by atoms with Gasteiger partial charge >= 0.3 is 0 Å². The van der Waals surface area contributed by atoms with Gasteiger partial charge in [0.2, 0.25) is 0 Å². The zero-order valence-electron chi connectivity index (χ0n) is 10.4. The second-order valence-electron chi connectivity index (χ2n) is 4.82. The zero-order valence-corrected chi connectivity index (χ0v) is 12.8. The van der Waals surface area contributed by atoms with Crippen molar-refractivity contribution in [2.24, 2.45) is 11.7 Å². The molecule has 1 aliphatic heterocycles. The number of thiophene rings is 1. The number of sulfonamides is 1. The molecule has 7 heteroatoms. The van der Waals surface area contributed by atoms with E-state index in [0.717, 1.165) is 23.3 Å². The SMILES string of the molecule is Cc1cc(S(=O)(=O)N2CCC(C)C(N)C2)sc1Cl. The summed E-state index contributed by atoms with van der Waals surface area (Å²) < 4.78 is 27.2. The minimum Gasteiger partial charge on any atom is -0.326 e. The largest absolute Gasteiger partial charge is 0.326 e. The molecule has 0 spiro atoms. The van der Waals surface area contributed by atoms with Crippen molar-refractivity contribution >= 4 is 33.0 Å². The standard InChI is InChI=1S/C11H17ClN2O2S2/c1-7-3-4-14(6-9(7)13)18(15,16)10-5-8(2)11(12)17-10/h5,7,9H,3-4,6,13H2,1-2H3. The van der Waals surface area contributed by atoms with Crippen LogP contribution < -0.4 is 5.73 Å². The van der Waals surface area contributed by atoms with Gasteiger partial charge in [0, 0.05) is 19.1 Å². The second-order valence-corrected chi connectivity index (χ2v) is 8.63. The monoisotopic (exact) mass is 308 g/mol. The molecule has 1 aliphatic rings. The maximum absolute atomic E-state index is 12.4. The summed E-state index contributed by atoms with van der Waals surface area (Å²) in [5.41, 5.74) is 6.75. The third-order valence-electron chi connectivity index (χ3n) is 3.41. The van der Waals surface area contributed by atoms with Gasteiger partial charge in [0.15, 0.2) is 0 Å². The lowest BCUT2D eigenvalue weighted by Gasteiger charge is -2.33. The smallest absolute Gasteiger partial charge is 0.252 e. The highest BCUT2D eigenvalue weighted by Gasteiger charge is 2.33. The van der Waals surface area contributed by atoms with E-state index in [1.807, 2.05) is 6.92 Å². The van der Waals surface area contributed by atoms with Gasteiger partial charge in [0.05, 0.1) is 4.34 Å². The predicted octanol–water partition coefficient (Wildman–Crippen LogP) is 2.07. The van der Waals surface area contributed by atoms with Crippen molar-refractivity contribution in [1.82, 2.24) is 4.31 Å². The third-order valence-corrected chi connectivity index (χ3v) is 7.28. The topological polar surface area (TPSA) is 63.4 Å². The quantitative estimate of drug-likeness (QED) is 0.909. The molecule has 1 aromatic heterocycles. The van der Waals surface area contributed by atoms with Crippen molar-refractivity contribution in [3.8, 4) is 0 Å². The van der Waals surface area contributed by atoms with Gasteiger partial charge in [-0.2, -0.15) is 4.31 Å². The fourth-order valence-electron chi connectivity index (χ4n) is 1.97. The van der Waals surface area contributed by atoms with Gasteiger partial charge in [0.1, 0.15) is 4.21 Å². The molecular formula is C11H17ClN2O2S2. The number of piperidine rings is 1. The van der Waals surface area contributed by atoms with Gasteiger partial charge in [-0.25, -0.2) is 8.42 Å². The van der Waals surface area contributed by atoms with Crippen LogP contribution in [0.5, 0.6) is 0 Å². The van der Waals surface area contributed by atoms with Crippen LogP contribution in [0.15, 0.2) is 10.3 Å². The first-order chi connectivity index (χ1) is 8.32. The molecule has 0 aliphatic carbocycles. The van der Waals surface area contributed by atoms with E-state index < -0.39 is 10.0 Å². The molecule has 1 fully saturated rings. The molecular weight excluding hydrogens is 292 g/mol. The number of hydrogen-bond acceptors (Lipinski definition) is 4. The number of halogens is 1. The Hall–Kier alpha value is -0.140. The van der Waals surface area contributed by atoms with Crippen LogP contribution in [0.2, 0.25) is 4.34 Å². The van der Waals surface area contributed by atoms with Gasteiger partial charge in [-0.05, 0) is 30.9 Å². The first-order valence-corrected chi connectivity index (χ1v) is 8.47. The maximum Gasteiger partial charge on any atom is 0.252 e. The van der Waals surface area contributed by atoms with E-state index in [2.05, 4.69) is 6.92 Å². The molecule has 2 atom stereocenters. The molecule has 102 valence electrons. The number of nitrogens with zero attached hydrogens (tertiary/aromatic N) is 1. The predicted molar refractivity (Wildman–Crippen MR) is 74.6 cm³/mol. The molecule has 0 aromatic carbocycles. The average molecular weight is 309 g/mol. The highest BCUT2D eigenvalue weighted by atomic mass is 35.5. The van der Waals surface area contributed by atoms with Crippen LogP contribution in [-0.4, -0.2) is 31.9 Å². The minimum absolute atomic E-state index is 0.0925. The Morgan fingerprint density at radius 3 is 2.72 bits per heavy atom. The molecule has 2 heterocycles. The van der Waals surface area contributed by atoms with Gasteiger partial charge < -0.3 is 5.73 Å². The summed E-state index contributed by atoms with van der Waals surface area (Å²) in [5.74, 6) is 0.366. The first kappa shape index (κ1) is 14.3. The van der Waals surface area contributed by atoms with E-state index in [-0.39, 0.29) is 6.04 Å². The van der Waals surface area contributed by atoms with Crippen molar-refractivity contribution in [2.45, 2.75) is 30.5 Å². The molecule has 18 heavy (non-hydrogen) atoms. The first-order valence-electron chi connectivity index (χ1n) is 5.84. The van der Waals surface area contributed by atoms with Crippen LogP contribution in [0, 0.1) is 12.8 Å². The van der Waals surface area contributed by atoms with Crippen LogP contribution >= 0.6 is 22.9 Å². The molecule has 1 aromatic rings. The summed E-state index contributed by atoms with van der Waals surface area (Å²) in [4.78, 5) is 0. The van der Waals surface area contributed by atoms with Crippen LogP contribution in [-0.2, 0) is 10.0 Å². The van der Waals surface area contributed by atoms with Crippen molar-refractivity contribution < 1.29 is 8.42 Å². The Kier molecular flexibility index (Phi) is 4.04. The third kappa shape index (κ3) is 2.58. The van der Waals surface area contributed by atoms with E-state index in [0.29, 0.717) is 27.6 Å². The minimum atomic E-state index is -3.43. The van der Waals surface area contributed by atoms with E-state index in [4.69, 9.17) is 17.3 Å².